The van der Waals surface area contributed by atoms with Crippen molar-refractivity contribution in [3.8, 4) is 0 Å². The average Bonchev–Trinajstić information content (AvgIpc) is 2.25. The second-order valence-corrected chi connectivity index (χ2v) is 5.22. The van der Waals surface area contributed by atoms with Crippen LogP contribution in [0, 0.1) is 5.92 Å². The Balaban J connectivity index is 3.74. The second-order valence-electron chi connectivity index (χ2n) is 5.22. The molecule has 0 spiro atoms. The normalized spacial score (nSPS) is 12.8. The van der Waals surface area contributed by atoms with Gasteiger partial charge in [-0.1, -0.05) is 27.7 Å². The molecule has 0 heterocycles. The smallest absolute Gasteiger partial charge is 0.234 e. The lowest BCUT2D eigenvalue weighted by Gasteiger charge is -2.18. The van der Waals surface area contributed by atoms with Crippen molar-refractivity contribution in [2.24, 2.45) is 11.7 Å². The Morgan fingerprint density at radius 2 is 1.72 bits per heavy atom. The molecule has 1 atom stereocenters. The van der Waals surface area contributed by atoms with Crippen LogP contribution >= 0.6 is 0 Å². The molecular weight excluding hydrogens is 230 g/mol. The monoisotopic (exact) mass is 257 g/mol. The molecule has 106 valence electrons. The van der Waals surface area contributed by atoms with Crippen molar-refractivity contribution in [3.05, 3.63) is 0 Å². The SMILES string of the molecule is CC(C)NC(CCCCNC(=O)C(C)C)C(N)=O. The van der Waals surface area contributed by atoms with E-state index in [4.69, 9.17) is 5.73 Å². The third-order valence-corrected chi connectivity index (χ3v) is 2.62. The minimum absolute atomic E-state index is 0.0194. The molecule has 0 aromatic heterocycles. The molecule has 0 aliphatic rings. The number of hydrogen-bond acceptors (Lipinski definition) is 3. The summed E-state index contributed by atoms with van der Waals surface area (Å²) in [6.45, 7) is 8.36. The van der Waals surface area contributed by atoms with E-state index in [9.17, 15) is 9.59 Å². The predicted molar refractivity (Wildman–Crippen MR) is 73.0 cm³/mol. The molecule has 0 saturated heterocycles. The van der Waals surface area contributed by atoms with Crippen LogP contribution in [0.5, 0.6) is 0 Å². The van der Waals surface area contributed by atoms with Gasteiger partial charge in [0.2, 0.25) is 11.8 Å². The Bertz CT molecular complexity index is 265. The molecule has 1 unspecified atom stereocenters. The number of hydrogen-bond donors (Lipinski definition) is 3. The van der Waals surface area contributed by atoms with Crippen LogP contribution in [0.3, 0.4) is 0 Å². The number of carbonyl (C=O) groups is 2. The van der Waals surface area contributed by atoms with Gasteiger partial charge >= 0.3 is 0 Å². The summed E-state index contributed by atoms with van der Waals surface area (Å²) in [5, 5.41) is 5.99. The maximum Gasteiger partial charge on any atom is 0.234 e. The van der Waals surface area contributed by atoms with Gasteiger partial charge in [-0.3, -0.25) is 9.59 Å². The van der Waals surface area contributed by atoms with Crippen LogP contribution in [0.1, 0.15) is 47.0 Å². The van der Waals surface area contributed by atoms with E-state index in [-0.39, 0.29) is 29.8 Å². The van der Waals surface area contributed by atoms with E-state index in [1.807, 2.05) is 27.7 Å². The first-order valence-electron chi connectivity index (χ1n) is 6.67. The summed E-state index contributed by atoms with van der Waals surface area (Å²) in [6, 6.07) is -0.0334. The molecule has 5 heteroatoms. The molecule has 4 N–H and O–H groups in total. The van der Waals surface area contributed by atoms with Gasteiger partial charge in [0, 0.05) is 18.5 Å². The maximum atomic E-state index is 11.3. The Morgan fingerprint density at radius 1 is 1.11 bits per heavy atom. The van der Waals surface area contributed by atoms with Gasteiger partial charge in [0.15, 0.2) is 0 Å². The molecule has 0 saturated carbocycles. The Labute approximate surface area is 110 Å². The molecule has 0 aromatic carbocycles. The third-order valence-electron chi connectivity index (χ3n) is 2.62. The summed E-state index contributed by atoms with van der Waals surface area (Å²) in [6.07, 6.45) is 2.44. The fourth-order valence-corrected chi connectivity index (χ4v) is 1.60. The largest absolute Gasteiger partial charge is 0.368 e. The zero-order valence-corrected chi connectivity index (χ0v) is 12.0. The summed E-state index contributed by atoms with van der Waals surface area (Å²) < 4.78 is 0. The lowest BCUT2D eigenvalue weighted by molar-refractivity contribution is -0.124. The lowest BCUT2D eigenvalue weighted by Crippen LogP contribution is -2.44. The summed E-state index contributed by atoms with van der Waals surface area (Å²) >= 11 is 0. The highest BCUT2D eigenvalue weighted by atomic mass is 16.2. The van der Waals surface area contributed by atoms with Crippen molar-refractivity contribution in [3.63, 3.8) is 0 Å². The molecule has 5 nitrogen and oxygen atoms in total. The fraction of sp³-hybridized carbons (Fsp3) is 0.846. The number of rotatable bonds is 9. The van der Waals surface area contributed by atoms with Crippen molar-refractivity contribution in [2.75, 3.05) is 6.54 Å². The average molecular weight is 257 g/mol. The molecular formula is C13H27N3O2. The van der Waals surface area contributed by atoms with Crippen LogP contribution in [0.4, 0.5) is 0 Å². The van der Waals surface area contributed by atoms with Crippen molar-refractivity contribution in [2.45, 2.75) is 59.0 Å². The molecule has 0 aliphatic carbocycles. The van der Waals surface area contributed by atoms with E-state index in [0.29, 0.717) is 13.0 Å². The number of amides is 2. The second kappa shape index (κ2) is 8.91. The number of nitrogens with one attached hydrogen (secondary N) is 2. The number of nitrogens with two attached hydrogens (primary N) is 1. The standard InChI is InChI=1S/C13H27N3O2/c1-9(2)13(18)15-8-6-5-7-11(12(14)17)16-10(3)4/h9-11,16H,5-8H2,1-4H3,(H2,14,17)(H,15,18). The van der Waals surface area contributed by atoms with E-state index in [1.54, 1.807) is 0 Å². The fourth-order valence-electron chi connectivity index (χ4n) is 1.60. The van der Waals surface area contributed by atoms with E-state index < -0.39 is 0 Å². The third kappa shape index (κ3) is 8.06. The van der Waals surface area contributed by atoms with Gasteiger partial charge in [-0.15, -0.1) is 0 Å². The minimum atomic E-state index is -0.310. The molecule has 0 rings (SSSR count). The highest BCUT2D eigenvalue weighted by molar-refractivity contribution is 5.79. The number of primary amides is 1. The van der Waals surface area contributed by atoms with Crippen LogP contribution in [0.2, 0.25) is 0 Å². The first kappa shape index (κ1) is 16.9. The highest BCUT2D eigenvalue weighted by Gasteiger charge is 2.15. The first-order valence-corrected chi connectivity index (χ1v) is 6.67. The highest BCUT2D eigenvalue weighted by Crippen LogP contribution is 2.02. The summed E-state index contributed by atoms with van der Waals surface area (Å²) in [7, 11) is 0. The van der Waals surface area contributed by atoms with Crippen LogP contribution in [-0.2, 0) is 9.59 Å². The summed E-state index contributed by atoms with van der Waals surface area (Å²) in [4.78, 5) is 22.5. The van der Waals surface area contributed by atoms with Gasteiger partial charge in [0.05, 0.1) is 6.04 Å². The zero-order chi connectivity index (χ0) is 14.1. The quantitative estimate of drug-likeness (QED) is 0.534. The van der Waals surface area contributed by atoms with Gasteiger partial charge in [-0.25, -0.2) is 0 Å². The van der Waals surface area contributed by atoms with Gasteiger partial charge in [0.25, 0.3) is 0 Å². The van der Waals surface area contributed by atoms with Crippen molar-refractivity contribution in [1.29, 1.82) is 0 Å². The molecule has 0 fully saturated rings. The van der Waals surface area contributed by atoms with Crippen LogP contribution < -0.4 is 16.4 Å². The lowest BCUT2D eigenvalue weighted by atomic mass is 10.1. The molecule has 0 aromatic rings. The van der Waals surface area contributed by atoms with Crippen LogP contribution in [0.25, 0.3) is 0 Å². The molecule has 18 heavy (non-hydrogen) atoms. The summed E-state index contributed by atoms with van der Waals surface area (Å²) in [5.74, 6) is -0.220. The summed E-state index contributed by atoms with van der Waals surface area (Å²) in [5.41, 5.74) is 5.32. The molecule has 2 amide bonds. The van der Waals surface area contributed by atoms with Gasteiger partial charge in [-0.2, -0.15) is 0 Å². The number of unbranched alkanes of at least 4 members (excludes halogenated alkanes) is 1. The maximum absolute atomic E-state index is 11.3. The molecule has 0 bridgehead atoms. The van der Waals surface area contributed by atoms with Crippen LogP contribution in [0.15, 0.2) is 0 Å². The minimum Gasteiger partial charge on any atom is -0.368 e. The topological polar surface area (TPSA) is 84.2 Å². The van der Waals surface area contributed by atoms with E-state index in [0.717, 1.165) is 12.8 Å². The molecule has 0 radical (unpaired) electrons. The Kier molecular flexibility index (Phi) is 8.37. The zero-order valence-electron chi connectivity index (χ0n) is 12.0. The molecule has 0 aliphatic heterocycles. The van der Waals surface area contributed by atoms with E-state index in [1.165, 1.54) is 0 Å². The van der Waals surface area contributed by atoms with Crippen molar-refractivity contribution >= 4 is 11.8 Å². The van der Waals surface area contributed by atoms with Crippen molar-refractivity contribution < 1.29 is 9.59 Å². The van der Waals surface area contributed by atoms with Gasteiger partial charge in [0.1, 0.15) is 0 Å². The van der Waals surface area contributed by atoms with Gasteiger partial charge < -0.3 is 16.4 Å². The predicted octanol–water partition coefficient (Wildman–Crippen LogP) is 0.781. The first-order chi connectivity index (χ1) is 8.34. The van der Waals surface area contributed by atoms with Crippen LogP contribution in [-0.4, -0.2) is 30.4 Å². The van der Waals surface area contributed by atoms with E-state index in [2.05, 4.69) is 10.6 Å². The Morgan fingerprint density at radius 3 is 2.17 bits per heavy atom. The Hall–Kier alpha value is -1.10. The number of carbonyl (C=O) groups excluding carboxylic acids is 2. The van der Waals surface area contributed by atoms with E-state index >= 15 is 0 Å². The van der Waals surface area contributed by atoms with Crippen molar-refractivity contribution in [1.82, 2.24) is 10.6 Å². The van der Waals surface area contributed by atoms with Gasteiger partial charge in [-0.05, 0) is 19.3 Å².